The van der Waals surface area contributed by atoms with Crippen molar-refractivity contribution in [2.24, 2.45) is 0 Å². The maximum atomic E-state index is 12.7. The number of ether oxygens (including phenoxy) is 2. The van der Waals surface area contributed by atoms with Crippen LogP contribution in [0.3, 0.4) is 0 Å². The lowest BCUT2D eigenvalue weighted by Gasteiger charge is -2.29. The molecular formula is C21H20N6O5. The number of aryl methyl sites for hydroxylation is 1. The third-order valence-electron chi connectivity index (χ3n) is 4.74. The van der Waals surface area contributed by atoms with Crippen molar-refractivity contribution < 1.29 is 23.9 Å². The summed E-state index contributed by atoms with van der Waals surface area (Å²) in [6.07, 6.45) is 1.55. The molecule has 2 N–H and O–H groups in total. The topological polar surface area (TPSA) is 137 Å². The van der Waals surface area contributed by atoms with Crippen molar-refractivity contribution in [1.82, 2.24) is 30.2 Å². The molecule has 0 unspecified atom stereocenters. The third-order valence-corrected chi connectivity index (χ3v) is 4.74. The van der Waals surface area contributed by atoms with Gasteiger partial charge in [-0.3, -0.25) is 0 Å². The summed E-state index contributed by atoms with van der Waals surface area (Å²) in [5.41, 5.74) is 1.68. The van der Waals surface area contributed by atoms with Crippen LogP contribution < -0.4 is 10.6 Å². The van der Waals surface area contributed by atoms with Crippen LogP contribution in [-0.4, -0.2) is 50.8 Å². The Morgan fingerprint density at radius 2 is 1.91 bits per heavy atom. The molecule has 2 aromatic heterocycles. The lowest BCUT2D eigenvalue weighted by atomic mass is 9.95. The summed E-state index contributed by atoms with van der Waals surface area (Å²) in [7, 11) is 0. The first-order valence-electron chi connectivity index (χ1n) is 9.86. The largest absolute Gasteiger partial charge is 0.463 e. The summed E-state index contributed by atoms with van der Waals surface area (Å²) in [5.74, 6) is -1.40. The second-order valence-corrected chi connectivity index (χ2v) is 6.86. The van der Waals surface area contributed by atoms with Crippen LogP contribution in [0.1, 0.15) is 34.8 Å². The highest BCUT2D eigenvalue weighted by atomic mass is 16.5. The fraction of sp³-hybridized carbons (Fsp3) is 0.238. The quantitative estimate of drug-likeness (QED) is 0.554. The van der Waals surface area contributed by atoms with Crippen LogP contribution >= 0.6 is 0 Å². The zero-order chi connectivity index (χ0) is 22.7. The molecule has 3 heterocycles. The van der Waals surface area contributed by atoms with E-state index in [2.05, 4.69) is 25.7 Å². The van der Waals surface area contributed by atoms with Gasteiger partial charge in [-0.1, -0.05) is 30.3 Å². The molecule has 0 fully saturated rings. The van der Waals surface area contributed by atoms with Crippen LogP contribution in [0, 0.1) is 6.92 Å². The van der Waals surface area contributed by atoms with E-state index in [0.717, 1.165) is 5.69 Å². The van der Waals surface area contributed by atoms with E-state index < -0.39 is 24.0 Å². The van der Waals surface area contributed by atoms with Gasteiger partial charge in [0.15, 0.2) is 0 Å². The van der Waals surface area contributed by atoms with E-state index in [0.29, 0.717) is 5.56 Å². The Balaban J connectivity index is 1.63. The van der Waals surface area contributed by atoms with Gasteiger partial charge in [0.25, 0.3) is 11.6 Å². The number of amides is 2. The Morgan fingerprint density at radius 1 is 1.12 bits per heavy atom. The number of nitrogens with one attached hydrogen (secondary N) is 2. The molecule has 11 heteroatoms. The summed E-state index contributed by atoms with van der Waals surface area (Å²) in [6, 6.07) is 9.36. The number of urea groups is 1. The van der Waals surface area contributed by atoms with Crippen molar-refractivity contribution >= 4 is 23.7 Å². The molecular weight excluding hydrogens is 416 g/mol. The lowest BCUT2D eigenvalue weighted by molar-refractivity contribution is -0.139. The second-order valence-electron chi connectivity index (χ2n) is 6.86. The molecule has 0 bridgehead atoms. The van der Waals surface area contributed by atoms with Crippen LogP contribution in [0.2, 0.25) is 0 Å². The summed E-state index contributed by atoms with van der Waals surface area (Å²) in [6.45, 7) is 3.23. The van der Waals surface area contributed by atoms with E-state index in [-0.39, 0.29) is 36.1 Å². The maximum Gasteiger partial charge on any atom is 0.378 e. The highest BCUT2D eigenvalue weighted by Crippen LogP contribution is 2.27. The standard InChI is InChI=1S/C21H20N6O5/c1-3-31-18(28)15-14(23-21(30)24-16(15)13-7-5-4-6-8-13)11-32-19(29)17-25-20-22-10-9-12(2)27(20)26-17/h4-10,16H,3,11H2,1-2H3,(H2,23,24,30)/t16-/m0/s1. The predicted octanol–water partition coefficient (Wildman–Crippen LogP) is 1.46. The van der Waals surface area contributed by atoms with E-state index in [9.17, 15) is 14.4 Å². The third kappa shape index (κ3) is 4.13. The van der Waals surface area contributed by atoms with Gasteiger partial charge in [-0.15, -0.1) is 5.10 Å². The van der Waals surface area contributed by atoms with E-state index in [1.165, 1.54) is 4.52 Å². The molecule has 2 amide bonds. The molecule has 0 saturated carbocycles. The minimum absolute atomic E-state index is 0.118. The van der Waals surface area contributed by atoms with Crippen LogP contribution in [0.5, 0.6) is 0 Å². The second kappa shape index (κ2) is 8.84. The van der Waals surface area contributed by atoms with Gasteiger partial charge in [-0.25, -0.2) is 23.9 Å². The number of nitrogens with zero attached hydrogens (tertiary/aromatic N) is 4. The van der Waals surface area contributed by atoms with Gasteiger partial charge in [-0.2, -0.15) is 4.98 Å². The van der Waals surface area contributed by atoms with Gasteiger partial charge in [0.1, 0.15) is 6.61 Å². The van der Waals surface area contributed by atoms with Gasteiger partial charge < -0.3 is 20.1 Å². The molecule has 4 rings (SSSR count). The number of carbonyl (C=O) groups is 3. The molecule has 0 saturated heterocycles. The van der Waals surface area contributed by atoms with Gasteiger partial charge in [0.2, 0.25) is 0 Å². The number of hydrogen-bond donors (Lipinski definition) is 2. The minimum Gasteiger partial charge on any atom is -0.463 e. The summed E-state index contributed by atoms with van der Waals surface area (Å²) < 4.78 is 11.9. The Morgan fingerprint density at radius 3 is 2.62 bits per heavy atom. The van der Waals surface area contributed by atoms with Crippen molar-refractivity contribution in [3.8, 4) is 0 Å². The number of fused-ring (bicyclic) bond motifs is 1. The normalized spacial score (nSPS) is 15.8. The van der Waals surface area contributed by atoms with Crippen molar-refractivity contribution in [1.29, 1.82) is 0 Å². The summed E-state index contributed by atoms with van der Waals surface area (Å²) in [4.78, 5) is 45.6. The van der Waals surface area contributed by atoms with E-state index >= 15 is 0 Å². The molecule has 0 aliphatic carbocycles. The average Bonchev–Trinajstić information content (AvgIpc) is 3.24. The Bertz CT molecular complexity index is 1220. The number of esters is 2. The van der Waals surface area contributed by atoms with Crippen LogP contribution in [0.25, 0.3) is 5.78 Å². The van der Waals surface area contributed by atoms with Crippen LogP contribution in [0.15, 0.2) is 53.9 Å². The SMILES string of the molecule is CCOC(=O)C1=C(COC(=O)c2nc3nccc(C)n3n2)NC(=O)N[C@H]1c1ccccc1. The Hall–Kier alpha value is -4.28. The highest BCUT2D eigenvalue weighted by Gasteiger charge is 2.34. The van der Waals surface area contributed by atoms with Gasteiger partial charge in [0, 0.05) is 11.9 Å². The van der Waals surface area contributed by atoms with Crippen LogP contribution in [0.4, 0.5) is 4.79 Å². The minimum atomic E-state index is -0.824. The number of benzene rings is 1. The van der Waals surface area contributed by atoms with Crippen molar-refractivity contribution in [3.05, 3.63) is 70.9 Å². The molecule has 1 aliphatic heterocycles. The molecule has 0 spiro atoms. The highest BCUT2D eigenvalue weighted by molar-refractivity contribution is 5.95. The van der Waals surface area contributed by atoms with Crippen molar-refractivity contribution in [3.63, 3.8) is 0 Å². The first kappa shape index (κ1) is 21.0. The summed E-state index contributed by atoms with van der Waals surface area (Å²) in [5, 5.41) is 9.35. The number of aromatic nitrogens is 4. The van der Waals surface area contributed by atoms with E-state index in [1.54, 1.807) is 50.4 Å². The maximum absolute atomic E-state index is 12.7. The Labute approximate surface area is 182 Å². The molecule has 164 valence electrons. The molecule has 1 atom stereocenters. The molecule has 32 heavy (non-hydrogen) atoms. The zero-order valence-electron chi connectivity index (χ0n) is 17.4. The first-order valence-corrected chi connectivity index (χ1v) is 9.86. The number of rotatable bonds is 6. The molecule has 11 nitrogen and oxygen atoms in total. The molecule has 1 aromatic carbocycles. The van der Waals surface area contributed by atoms with E-state index in [1.807, 2.05) is 6.07 Å². The first-order chi connectivity index (χ1) is 15.5. The fourth-order valence-electron chi connectivity index (χ4n) is 3.27. The van der Waals surface area contributed by atoms with Crippen molar-refractivity contribution in [2.45, 2.75) is 19.9 Å². The van der Waals surface area contributed by atoms with Gasteiger partial charge >= 0.3 is 18.0 Å². The van der Waals surface area contributed by atoms with Gasteiger partial charge in [-0.05, 0) is 25.5 Å². The number of carbonyl (C=O) groups excluding carboxylic acids is 3. The predicted molar refractivity (Wildman–Crippen MR) is 110 cm³/mol. The molecule has 1 aliphatic rings. The summed E-state index contributed by atoms with van der Waals surface area (Å²) >= 11 is 0. The number of hydrogen-bond acceptors (Lipinski definition) is 8. The molecule has 0 radical (unpaired) electrons. The fourth-order valence-corrected chi connectivity index (χ4v) is 3.27. The van der Waals surface area contributed by atoms with Crippen LogP contribution in [-0.2, 0) is 14.3 Å². The lowest BCUT2D eigenvalue weighted by Crippen LogP contribution is -2.47. The monoisotopic (exact) mass is 436 g/mol. The van der Waals surface area contributed by atoms with E-state index in [4.69, 9.17) is 9.47 Å². The zero-order valence-corrected chi connectivity index (χ0v) is 17.4. The van der Waals surface area contributed by atoms with Gasteiger partial charge in [0.05, 0.1) is 23.9 Å². The average molecular weight is 436 g/mol. The van der Waals surface area contributed by atoms with Crippen molar-refractivity contribution in [2.75, 3.05) is 13.2 Å². The Kier molecular flexibility index (Phi) is 5.79. The molecule has 3 aromatic rings. The smallest absolute Gasteiger partial charge is 0.378 e.